The standard InChI is InChI=1S/C32H46N2O6/c1-30-11-8-24(33(3)29(36)39-19-16-34-14-17-38-18-15-34)20-23(30)5-6-27-26(30)9-12-31(2)25(10-13-32(27,31)37)22-4-7-28(35)40-21-22/h4,7,20-21,24-27,37H,5-6,8-19H2,1-3H3/t24-,25+,26-,27+,30-,31+,32-/m0/s1. The van der Waals surface area contributed by atoms with Crippen molar-refractivity contribution in [2.75, 3.05) is 46.5 Å². The maximum atomic E-state index is 12.9. The highest BCUT2D eigenvalue weighted by atomic mass is 16.6. The van der Waals surface area contributed by atoms with E-state index in [0.29, 0.717) is 12.5 Å². The highest BCUT2D eigenvalue weighted by molar-refractivity contribution is 5.68. The molecule has 7 atom stereocenters. The molecule has 0 radical (unpaired) electrons. The number of hydrogen-bond acceptors (Lipinski definition) is 7. The van der Waals surface area contributed by atoms with Crippen LogP contribution < -0.4 is 5.63 Å². The number of carbonyl (C=O) groups is 1. The van der Waals surface area contributed by atoms with E-state index in [1.54, 1.807) is 11.2 Å². The van der Waals surface area contributed by atoms with E-state index in [-0.39, 0.29) is 40.4 Å². The van der Waals surface area contributed by atoms with Gasteiger partial charge in [0.15, 0.2) is 0 Å². The van der Waals surface area contributed by atoms with Crippen LogP contribution in [0.2, 0.25) is 0 Å². The molecule has 1 N–H and O–H groups in total. The van der Waals surface area contributed by atoms with Gasteiger partial charge in [-0.05, 0) is 86.2 Å². The van der Waals surface area contributed by atoms with Gasteiger partial charge in [0.05, 0.1) is 31.1 Å². The number of aliphatic hydroxyl groups is 1. The van der Waals surface area contributed by atoms with Crippen LogP contribution in [0.1, 0.15) is 76.7 Å². The van der Waals surface area contributed by atoms with E-state index in [4.69, 9.17) is 13.9 Å². The van der Waals surface area contributed by atoms with E-state index in [1.165, 1.54) is 11.6 Å². The minimum absolute atomic E-state index is 0.0508. The molecule has 6 rings (SSSR count). The van der Waals surface area contributed by atoms with Crippen LogP contribution in [0, 0.1) is 22.7 Å². The van der Waals surface area contributed by atoms with Crippen LogP contribution >= 0.6 is 0 Å². The molecule has 4 fully saturated rings. The summed E-state index contributed by atoms with van der Waals surface area (Å²) in [6.07, 6.45) is 11.4. The van der Waals surface area contributed by atoms with Crippen molar-refractivity contribution in [2.24, 2.45) is 22.7 Å². The van der Waals surface area contributed by atoms with Gasteiger partial charge in [-0.3, -0.25) is 4.90 Å². The van der Waals surface area contributed by atoms with Crippen LogP contribution in [0.25, 0.3) is 0 Å². The Kier molecular flexibility index (Phi) is 7.41. The molecule has 8 heteroatoms. The van der Waals surface area contributed by atoms with Crippen molar-refractivity contribution in [3.8, 4) is 0 Å². The number of hydrogen-bond donors (Lipinski definition) is 1. The number of fused-ring (bicyclic) bond motifs is 5. The third-order valence-electron chi connectivity index (χ3n) is 11.9. The molecule has 1 aromatic rings. The second kappa shape index (κ2) is 10.6. The maximum Gasteiger partial charge on any atom is 0.410 e. The van der Waals surface area contributed by atoms with Crippen molar-refractivity contribution in [3.63, 3.8) is 0 Å². The molecule has 4 aliphatic carbocycles. The molecular weight excluding hydrogens is 508 g/mol. The minimum Gasteiger partial charge on any atom is -0.448 e. The van der Waals surface area contributed by atoms with Crippen molar-refractivity contribution in [3.05, 3.63) is 46.0 Å². The van der Waals surface area contributed by atoms with Gasteiger partial charge in [-0.15, -0.1) is 0 Å². The first-order valence-electron chi connectivity index (χ1n) is 15.4. The van der Waals surface area contributed by atoms with Gasteiger partial charge in [-0.25, -0.2) is 9.59 Å². The summed E-state index contributed by atoms with van der Waals surface area (Å²) in [5.74, 6) is 0.893. The van der Waals surface area contributed by atoms with Gasteiger partial charge in [-0.2, -0.15) is 0 Å². The maximum absolute atomic E-state index is 12.9. The summed E-state index contributed by atoms with van der Waals surface area (Å²) in [5.41, 5.74) is 1.28. The number of allylic oxidation sites excluding steroid dienone is 1. The Morgan fingerprint density at radius 3 is 2.65 bits per heavy atom. The molecule has 8 nitrogen and oxygen atoms in total. The molecule has 0 bridgehead atoms. The molecule has 2 heterocycles. The molecule has 40 heavy (non-hydrogen) atoms. The third-order valence-corrected chi connectivity index (χ3v) is 11.9. The SMILES string of the molecule is CN(C(=O)OCCN1CCOCC1)[C@@H]1C=C2CC[C@@H]3[C@H](CC[C@]4(C)[C@@H](c5ccc(=O)oc5)CC[C@]34O)[C@@]2(C)CC1. The van der Waals surface area contributed by atoms with Crippen LogP contribution in [0.4, 0.5) is 4.79 Å². The summed E-state index contributed by atoms with van der Waals surface area (Å²) < 4.78 is 16.3. The molecule has 5 aliphatic rings. The summed E-state index contributed by atoms with van der Waals surface area (Å²) in [7, 11) is 1.87. The van der Waals surface area contributed by atoms with Crippen LogP contribution in [-0.4, -0.2) is 79.1 Å². The summed E-state index contributed by atoms with van der Waals surface area (Å²) in [4.78, 5) is 28.5. The number of nitrogens with zero attached hydrogens (tertiary/aromatic N) is 2. The zero-order valence-electron chi connectivity index (χ0n) is 24.4. The quantitative estimate of drug-likeness (QED) is 0.533. The summed E-state index contributed by atoms with van der Waals surface area (Å²) in [6, 6.07) is 3.46. The monoisotopic (exact) mass is 554 g/mol. The fourth-order valence-corrected chi connectivity index (χ4v) is 9.41. The Labute approximate surface area is 237 Å². The first-order chi connectivity index (χ1) is 19.2. The molecule has 0 unspecified atom stereocenters. The second-order valence-corrected chi connectivity index (χ2v) is 13.5. The molecule has 1 saturated heterocycles. The van der Waals surface area contributed by atoms with E-state index in [2.05, 4.69) is 24.8 Å². The Morgan fingerprint density at radius 2 is 1.90 bits per heavy atom. The second-order valence-electron chi connectivity index (χ2n) is 13.5. The van der Waals surface area contributed by atoms with Gasteiger partial charge < -0.3 is 23.9 Å². The predicted molar refractivity (Wildman–Crippen MR) is 151 cm³/mol. The van der Waals surface area contributed by atoms with Crippen LogP contribution in [0.15, 0.2) is 39.3 Å². The van der Waals surface area contributed by atoms with Crippen LogP contribution in [-0.2, 0) is 9.47 Å². The lowest BCUT2D eigenvalue weighted by Crippen LogP contribution is -2.60. The molecule has 0 aromatic carbocycles. The van der Waals surface area contributed by atoms with E-state index >= 15 is 0 Å². The molecule has 1 aromatic heterocycles. The summed E-state index contributed by atoms with van der Waals surface area (Å²) in [5, 5.41) is 12.5. The number of amides is 1. The topological polar surface area (TPSA) is 92.5 Å². The van der Waals surface area contributed by atoms with Crippen molar-refractivity contribution >= 4 is 6.09 Å². The van der Waals surface area contributed by atoms with E-state index < -0.39 is 5.60 Å². The zero-order valence-corrected chi connectivity index (χ0v) is 24.4. The zero-order chi connectivity index (χ0) is 28.1. The first-order valence-corrected chi connectivity index (χ1v) is 15.4. The van der Waals surface area contributed by atoms with Crippen molar-refractivity contribution in [1.29, 1.82) is 0 Å². The Bertz CT molecular complexity index is 1170. The molecule has 0 spiro atoms. The van der Waals surface area contributed by atoms with E-state index in [0.717, 1.165) is 89.8 Å². The normalized spacial score (nSPS) is 39.5. The minimum atomic E-state index is -0.719. The number of likely N-dealkylation sites (N-methyl/N-ethyl adjacent to an activating group) is 1. The molecule has 220 valence electrons. The number of rotatable bonds is 5. The molecule has 1 amide bonds. The smallest absolute Gasteiger partial charge is 0.410 e. The fourth-order valence-electron chi connectivity index (χ4n) is 9.41. The lowest BCUT2D eigenvalue weighted by atomic mass is 9.45. The van der Waals surface area contributed by atoms with Crippen LogP contribution in [0.5, 0.6) is 0 Å². The van der Waals surface area contributed by atoms with Gasteiger partial charge in [0.25, 0.3) is 0 Å². The Morgan fingerprint density at radius 1 is 1.10 bits per heavy atom. The van der Waals surface area contributed by atoms with Crippen LogP contribution in [0.3, 0.4) is 0 Å². The first kappa shape index (κ1) is 28.0. The third kappa shape index (κ3) is 4.54. The van der Waals surface area contributed by atoms with Gasteiger partial charge >= 0.3 is 11.7 Å². The van der Waals surface area contributed by atoms with Gasteiger partial charge in [0, 0.05) is 38.2 Å². The molecule has 3 saturated carbocycles. The van der Waals surface area contributed by atoms with Gasteiger partial charge in [0.1, 0.15) is 6.61 Å². The summed E-state index contributed by atoms with van der Waals surface area (Å²) >= 11 is 0. The fraction of sp³-hybridized carbons (Fsp3) is 0.750. The van der Waals surface area contributed by atoms with E-state index in [9.17, 15) is 14.7 Å². The van der Waals surface area contributed by atoms with Crippen molar-refractivity contribution < 1.29 is 23.8 Å². The summed E-state index contributed by atoms with van der Waals surface area (Å²) in [6.45, 7) is 9.11. The van der Waals surface area contributed by atoms with Gasteiger partial charge in [0.2, 0.25) is 0 Å². The lowest BCUT2D eigenvalue weighted by Gasteiger charge is -2.62. The average molecular weight is 555 g/mol. The predicted octanol–water partition coefficient (Wildman–Crippen LogP) is 4.57. The van der Waals surface area contributed by atoms with Crippen molar-refractivity contribution in [1.82, 2.24) is 9.80 Å². The van der Waals surface area contributed by atoms with Gasteiger partial charge in [-0.1, -0.05) is 25.5 Å². The average Bonchev–Trinajstić information content (AvgIpc) is 3.24. The number of ether oxygens (including phenoxy) is 2. The highest BCUT2D eigenvalue weighted by Gasteiger charge is 2.66. The Hall–Kier alpha value is -2.16. The number of carbonyl (C=O) groups excluding carboxylic acids is 1. The van der Waals surface area contributed by atoms with Crippen molar-refractivity contribution in [2.45, 2.75) is 82.8 Å². The molecule has 1 aliphatic heterocycles. The lowest BCUT2D eigenvalue weighted by molar-refractivity contribution is -0.177. The largest absolute Gasteiger partial charge is 0.448 e. The molecular formula is C32H46N2O6. The Balaban J connectivity index is 1.13. The number of morpholine rings is 1. The highest BCUT2D eigenvalue weighted by Crippen LogP contribution is 2.70. The van der Waals surface area contributed by atoms with E-state index in [1.807, 2.05) is 13.1 Å².